The summed E-state index contributed by atoms with van der Waals surface area (Å²) in [6, 6.07) is 8.24. The van der Waals surface area contributed by atoms with Gasteiger partial charge in [0.1, 0.15) is 5.69 Å². The summed E-state index contributed by atoms with van der Waals surface area (Å²) >= 11 is 3.40. The zero-order valence-corrected chi connectivity index (χ0v) is 9.14. The molecule has 4 heteroatoms. The van der Waals surface area contributed by atoms with Crippen LogP contribution in [0, 0.1) is 0 Å². The molecule has 2 rings (SSSR count). The molecule has 4 N–H and O–H groups in total. The number of hydrogen-bond donors (Lipinski definition) is 2. The highest BCUT2D eigenvalue weighted by atomic mass is 79.9. The summed E-state index contributed by atoms with van der Waals surface area (Å²) in [7, 11) is 0. The van der Waals surface area contributed by atoms with Crippen molar-refractivity contribution in [1.82, 2.24) is 4.98 Å². The van der Waals surface area contributed by atoms with Gasteiger partial charge in [0.2, 0.25) is 0 Å². The van der Waals surface area contributed by atoms with Gasteiger partial charge in [0, 0.05) is 10.9 Å². The molecule has 0 aliphatic heterocycles. The third-order valence-corrected chi connectivity index (χ3v) is 2.53. The number of halogens is 1. The molecule has 0 spiro atoms. The van der Waals surface area contributed by atoms with Crippen LogP contribution < -0.4 is 10.7 Å². The third-order valence-electron chi connectivity index (χ3n) is 2.00. The number of aromatic nitrogens is 2. The van der Waals surface area contributed by atoms with E-state index in [2.05, 4.69) is 38.0 Å². The summed E-state index contributed by atoms with van der Waals surface area (Å²) in [4.78, 5) is 5.96. The van der Waals surface area contributed by atoms with Crippen molar-refractivity contribution in [3.8, 4) is 0 Å². The molecule has 3 nitrogen and oxygen atoms in total. The second-order valence-electron chi connectivity index (χ2n) is 3.16. The Morgan fingerprint density at radius 1 is 1.29 bits per heavy atom. The molecule has 0 aliphatic carbocycles. The third kappa shape index (κ3) is 2.14. The van der Waals surface area contributed by atoms with Crippen LogP contribution in [0.25, 0.3) is 0 Å². The molecule has 1 aromatic carbocycles. The standard InChI is InChI=1S/C10H10BrN3/c11-8-3-1-7(2-4-8)5-9-6-13-10(12)14-9/h1-4,6H,5H2,(H3,12,13,14)/p+1. The van der Waals surface area contributed by atoms with E-state index in [0.29, 0.717) is 5.95 Å². The van der Waals surface area contributed by atoms with Gasteiger partial charge in [-0.3, -0.25) is 5.73 Å². The van der Waals surface area contributed by atoms with Crippen molar-refractivity contribution in [2.45, 2.75) is 6.42 Å². The zero-order valence-electron chi connectivity index (χ0n) is 7.55. The van der Waals surface area contributed by atoms with Gasteiger partial charge < -0.3 is 0 Å². The van der Waals surface area contributed by atoms with Crippen molar-refractivity contribution >= 4 is 21.9 Å². The smallest absolute Gasteiger partial charge is 0.290 e. The summed E-state index contributed by atoms with van der Waals surface area (Å²) < 4.78 is 1.10. The van der Waals surface area contributed by atoms with Crippen LogP contribution in [0.3, 0.4) is 0 Å². The van der Waals surface area contributed by atoms with Crippen molar-refractivity contribution in [1.29, 1.82) is 0 Å². The van der Waals surface area contributed by atoms with E-state index in [-0.39, 0.29) is 0 Å². The molecule has 2 aromatic rings. The van der Waals surface area contributed by atoms with Crippen LogP contribution in [-0.4, -0.2) is 4.98 Å². The Balaban J connectivity index is 2.15. The summed E-state index contributed by atoms with van der Waals surface area (Å²) in [5.41, 5.74) is 7.88. The van der Waals surface area contributed by atoms with Crippen LogP contribution in [0.2, 0.25) is 0 Å². The largest absolute Gasteiger partial charge is 0.350 e. The molecule has 0 unspecified atom stereocenters. The van der Waals surface area contributed by atoms with Crippen molar-refractivity contribution in [3.05, 3.63) is 46.2 Å². The topological polar surface area (TPSA) is 56.0 Å². The number of nitrogens with two attached hydrogens (primary N) is 1. The van der Waals surface area contributed by atoms with E-state index in [1.807, 2.05) is 18.3 Å². The summed E-state index contributed by atoms with van der Waals surface area (Å²) in [6.45, 7) is 0. The quantitative estimate of drug-likeness (QED) is 0.841. The first-order chi connectivity index (χ1) is 6.74. The lowest BCUT2D eigenvalue weighted by molar-refractivity contribution is -0.358. The normalized spacial score (nSPS) is 10.4. The van der Waals surface area contributed by atoms with Gasteiger partial charge in [-0.2, -0.15) is 0 Å². The number of hydrogen-bond acceptors (Lipinski definition) is 1. The molecule has 0 amide bonds. The van der Waals surface area contributed by atoms with Gasteiger partial charge in [-0.05, 0) is 17.7 Å². The molecule has 0 bridgehead atoms. The first-order valence-corrected chi connectivity index (χ1v) is 5.13. The first kappa shape index (κ1) is 9.27. The lowest BCUT2D eigenvalue weighted by Gasteiger charge is -1.96. The molecular weight excluding hydrogens is 242 g/mol. The molecule has 0 aliphatic rings. The lowest BCUT2D eigenvalue weighted by Crippen LogP contribution is -2.03. The molecular formula is C10H11BrN3+. The van der Waals surface area contributed by atoms with Crippen LogP contribution in [0.5, 0.6) is 0 Å². The molecule has 0 saturated carbocycles. The van der Waals surface area contributed by atoms with Crippen molar-refractivity contribution in [3.63, 3.8) is 0 Å². The van der Waals surface area contributed by atoms with Crippen LogP contribution in [0.4, 0.5) is 5.95 Å². The Morgan fingerprint density at radius 2 is 2.00 bits per heavy atom. The fraction of sp³-hybridized carbons (Fsp3) is 0.100. The van der Waals surface area contributed by atoms with Gasteiger partial charge in [0.15, 0.2) is 0 Å². The number of H-pyrrole nitrogens is 2. The van der Waals surface area contributed by atoms with Crippen LogP contribution in [0.1, 0.15) is 11.3 Å². The maximum atomic E-state index is 5.54. The summed E-state index contributed by atoms with van der Waals surface area (Å²) in [6.07, 6.45) is 2.75. The van der Waals surface area contributed by atoms with E-state index in [1.54, 1.807) is 0 Å². The molecule has 1 heterocycles. The van der Waals surface area contributed by atoms with Gasteiger partial charge in [-0.15, -0.1) is 0 Å². The summed E-state index contributed by atoms with van der Waals surface area (Å²) in [5.74, 6) is 0.595. The Bertz CT molecular complexity index is 419. The van der Waals surface area contributed by atoms with Gasteiger partial charge >= 0.3 is 5.95 Å². The molecule has 0 saturated heterocycles. The Hall–Kier alpha value is -1.29. The highest BCUT2D eigenvalue weighted by Crippen LogP contribution is 2.12. The van der Waals surface area contributed by atoms with E-state index in [4.69, 9.17) is 5.73 Å². The van der Waals surface area contributed by atoms with Crippen molar-refractivity contribution in [2.75, 3.05) is 5.73 Å². The second kappa shape index (κ2) is 3.84. The van der Waals surface area contributed by atoms with E-state index >= 15 is 0 Å². The minimum absolute atomic E-state index is 0.595. The average Bonchev–Trinajstić information content (AvgIpc) is 2.56. The Morgan fingerprint density at radius 3 is 2.57 bits per heavy atom. The number of rotatable bonds is 2. The van der Waals surface area contributed by atoms with Crippen LogP contribution in [-0.2, 0) is 6.42 Å². The Kier molecular flexibility index (Phi) is 2.54. The minimum atomic E-state index is 0.595. The number of aromatic amines is 2. The molecule has 0 fully saturated rings. The fourth-order valence-corrected chi connectivity index (χ4v) is 1.59. The predicted molar refractivity (Wildman–Crippen MR) is 58.7 cm³/mol. The monoisotopic (exact) mass is 252 g/mol. The predicted octanol–water partition coefficient (Wildman–Crippen LogP) is 1.76. The van der Waals surface area contributed by atoms with Gasteiger partial charge in [0.25, 0.3) is 0 Å². The maximum Gasteiger partial charge on any atom is 0.350 e. The van der Waals surface area contributed by atoms with Gasteiger partial charge in [-0.25, -0.2) is 9.97 Å². The fourth-order valence-electron chi connectivity index (χ4n) is 1.33. The average molecular weight is 253 g/mol. The van der Waals surface area contributed by atoms with E-state index in [9.17, 15) is 0 Å². The molecule has 72 valence electrons. The maximum absolute atomic E-state index is 5.54. The SMILES string of the molecule is Nc1[nH]c(Cc2ccc(Br)cc2)c[nH+]1. The Labute approximate surface area is 90.5 Å². The zero-order chi connectivity index (χ0) is 9.97. The highest BCUT2D eigenvalue weighted by Gasteiger charge is 2.03. The number of nitrogen functional groups attached to an aromatic ring is 1. The van der Waals surface area contributed by atoms with E-state index in [0.717, 1.165) is 16.6 Å². The van der Waals surface area contributed by atoms with Crippen LogP contribution in [0.15, 0.2) is 34.9 Å². The van der Waals surface area contributed by atoms with Gasteiger partial charge in [-0.1, -0.05) is 28.1 Å². The van der Waals surface area contributed by atoms with Crippen LogP contribution >= 0.6 is 15.9 Å². The minimum Gasteiger partial charge on any atom is -0.290 e. The van der Waals surface area contributed by atoms with Crippen molar-refractivity contribution < 1.29 is 4.98 Å². The summed E-state index contributed by atoms with van der Waals surface area (Å²) in [5, 5.41) is 0. The first-order valence-electron chi connectivity index (χ1n) is 4.33. The van der Waals surface area contributed by atoms with E-state index < -0.39 is 0 Å². The molecule has 0 atom stereocenters. The lowest BCUT2D eigenvalue weighted by atomic mass is 10.1. The second-order valence-corrected chi connectivity index (χ2v) is 4.07. The molecule has 1 aromatic heterocycles. The van der Waals surface area contributed by atoms with Crippen molar-refractivity contribution in [2.24, 2.45) is 0 Å². The number of benzene rings is 1. The van der Waals surface area contributed by atoms with E-state index in [1.165, 1.54) is 5.56 Å². The molecule has 14 heavy (non-hydrogen) atoms. The number of nitrogens with one attached hydrogen (secondary N) is 2. The number of anilines is 1. The number of imidazole rings is 1. The molecule has 0 radical (unpaired) electrons. The van der Waals surface area contributed by atoms with Gasteiger partial charge in [0.05, 0.1) is 6.20 Å². The highest BCUT2D eigenvalue weighted by molar-refractivity contribution is 9.10.